The van der Waals surface area contributed by atoms with Gasteiger partial charge in [0.05, 0.1) is 5.92 Å². The summed E-state index contributed by atoms with van der Waals surface area (Å²) < 4.78 is 36.3. The van der Waals surface area contributed by atoms with Crippen LogP contribution in [-0.4, -0.2) is 28.3 Å². The summed E-state index contributed by atoms with van der Waals surface area (Å²) in [6, 6.07) is 0. The van der Waals surface area contributed by atoms with Gasteiger partial charge in [-0.3, -0.25) is 9.59 Å². The zero-order valence-corrected chi connectivity index (χ0v) is 6.13. The summed E-state index contributed by atoms with van der Waals surface area (Å²) in [4.78, 5) is 20.4. The molecule has 0 spiro atoms. The van der Waals surface area contributed by atoms with Crippen molar-refractivity contribution in [3.8, 4) is 0 Å². The lowest BCUT2D eigenvalue weighted by Gasteiger charge is -2.14. The first kappa shape index (κ1) is 9.82. The van der Waals surface area contributed by atoms with Crippen molar-refractivity contribution in [1.29, 1.82) is 0 Å². The van der Waals surface area contributed by atoms with Gasteiger partial charge in [-0.2, -0.15) is 13.2 Å². The number of hydrogen-bond donors (Lipinski definition) is 2. The molecule has 2 N–H and O–H groups in total. The molecule has 0 radical (unpaired) electrons. The second-order valence-corrected chi connectivity index (χ2v) is 2.87. The van der Waals surface area contributed by atoms with Gasteiger partial charge in [0.1, 0.15) is 0 Å². The molecular weight excluding hydrogens is 193 g/mol. The molecule has 1 rings (SSSR count). The fraction of sp³-hybridized carbons (Fsp3) is 0.667. The van der Waals surface area contributed by atoms with E-state index in [1.54, 1.807) is 0 Å². The Labute approximate surface area is 70.0 Å². The van der Waals surface area contributed by atoms with Gasteiger partial charge in [0, 0.05) is 0 Å². The first-order chi connectivity index (χ1) is 5.73. The third-order valence-electron chi connectivity index (χ3n) is 2.15. The molecule has 0 aromatic carbocycles. The Bertz CT molecular complexity index is 272. The quantitative estimate of drug-likeness (QED) is 0.685. The fourth-order valence-electron chi connectivity index (χ4n) is 1.23. The summed E-state index contributed by atoms with van der Waals surface area (Å²) in [5, 5.41) is 16.5. The van der Waals surface area contributed by atoms with E-state index < -0.39 is 35.9 Å². The number of carboxylic acid groups (broad SMARTS) is 2. The van der Waals surface area contributed by atoms with Crippen LogP contribution in [0.1, 0.15) is 6.42 Å². The van der Waals surface area contributed by atoms with E-state index >= 15 is 0 Å². The van der Waals surface area contributed by atoms with Crippen LogP contribution < -0.4 is 0 Å². The number of carboxylic acids is 2. The fourth-order valence-corrected chi connectivity index (χ4v) is 1.23. The van der Waals surface area contributed by atoms with Crippen LogP contribution in [0.3, 0.4) is 0 Å². The molecule has 1 aliphatic rings. The maximum atomic E-state index is 12.1. The van der Waals surface area contributed by atoms with Crippen LogP contribution in [-0.2, 0) is 9.59 Å². The van der Waals surface area contributed by atoms with E-state index in [1.807, 2.05) is 0 Å². The SMILES string of the molecule is O=C(O)[C@@H]1C[C@]1(C(=O)O)C(F)(F)F. The lowest BCUT2D eigenvalue weighted by Crippen LogP contribution is -2.36. The van der Waals surface area contributed by atoms with Gasteiger partial charge in [-0.25, -0.2) is 0 Å². The van der Waals surface area contributed by atoms with Crippen LogP contribution in [0.15, 0.2) is 0 Å². The van der Waals surface area contributed by atoms with Gasteiger partial charge >= 0.3 is 18.1 Å². The minimum absolute atomic E-state index is 0.874. The highest BCUT2D eigenvalue weighted by Gasteiger charge is 2.78. The summed E-state index contributed by atoms with van der Waals surface area (Å²) in [5.41, 5.74) is -3.06. The van der Waals surface area contributed by atoms with Crippen molar-refractivity contribution in [2.24, 2.45) is 11.3 Å². The van der Waals surface area contributed by atoms with E-state index in [9.17, 15) is 22.8 Å². The van der Waals surface area contributed by atoms with Crippen molar-refractivity contribution in [1.82, 2.24) is 0 Å². The van der Waals surface area contributed by atoms with Gasteiger partial charge in [-0.1, -0.05) is 0 Å². The zero-order valence-electron chi connectivity index (χ0n) is 6.13. The second-order valence-electron chi connectivity index (χ2n) is 2.87. The van der Waals surface area contributed by atoms with E-state index in [-0.39, 0.29) is 0 Å². The van der Waals surface area contributed by atoms with Crippen LogP contribution in [0.4, 0.5) is 13.2 Å². The highest BCUT2D eigenvalue weighted by atomic mass is 19.4. The molecule has 0 aromatic heterocycles. The molecule has 74 valence electrons. The number of hydrogen-bond acceptors (Lipinski definition) is 2. The maximum absolute atomic E-state index is 12.1. The first-order valence-corrected chi connectivity index (χ1v) is 3.26. The first-order valence-electron chi connectivity index (χ1n) is 3.26. The summed E-state index contributed by atoms with van der Waals surface area (Å²) in [6.07, 6.45) is -5.87. The number of carbonyl (C=O) groups is 2. The molecule has 7 heteroatoms. The van der Waals surface area contributed by atoms with Gasteiger partial charge in [-0.05, 0) is 6.42 Å². The molecule has 4 nitrogen and oxygen atoms in total. The predicted octanol–water partition coefficient (Wildman–Crippen LogP) is 0.724. The van der Waals surface area contributed by atoms with E-state index in [1.165, 1.54) is 0 Å². The third-order valence-corrected chi connectivity index (χ3v) is 2.15. The smallest absolute Gasteiger partial charge is 0.405 e. The van der Waals surface area contributed by atoms with Crippen LogP contribution in [0.2, 0.25) is 0 Å². The normalized spacial score (nSPS) is 32.7. The van der Waals surface area contributed by atoms with Crippen LogP contribution >= 0.6 is 0 Å². The number of halogens is 3. The van der Waals surface area contributed by atoms with Crippen LogP contribution in [0, 0.1) is 11.3 Å². The number of rotatable bonds is 2. The molecule has 1 aliphatic carbocycles. The van der Waals surface area contributed by atoms with Crippen LogP contribution in [0.5, 0.6) is 0 Å². The monoisotopic (exact) mass is 198 g/mol. The molecule has 0 amide bonds. The summed E-state index contributed by atoms with van der Waals surface area (Å²) in [7, 11) is 0. The molecule has 0 saturated heterocycles. The molecule has 2 atom stereocenters. The van der Waals surface area contributed by atoms with E-state index in [4.69, 9.17) is 10.2 Å². The molecule has 0 bridgehead atoms. The van der Waals surface area contributed by atoms with Crippen molar-refractivity contribution in [3.05, 3.63) is 0 Å². The zero-order chi connectivity index (χ0) is 10.4. The van der Waals surface area contributed by atoms with Gasteiger partial charge < -0.3 is 10.2 Å². The van der Waals surface area contributed by atoms with E-state index in [2.05, 4.69) is 0 Å². The Morgan fingerprint density at radius 3 is 1.85 bits per heavy atom. The minimum atomic E-state index is -5.00. The van der Waals surface area contributed by atoms with Gasteiger partial charge in [0.2, 0.25) is 0 Å². The Balaban J connectivity index is 2.97. The lowest BCUT2D eigenvalue weighted by atomic mass is 10.0. The molecule has 1 fully saturated rings. The Morgan fingerprint density at radius 1 is 1.31 bits per heavy atom. The average molecular weight is 198 g/mol. The van der Waals surface area contributed by atoms with Crippen molar-refractivity contribution < 1.29 is 33.0 Å². The molecular formula is C6H5F3O4. The summed E-state index contributed by atoms with van der Waals surface area (Å²) >= 11 is 0. The van der Waals surface area contributed by atoms with Gasteiger partial charge in [-0.15, -0.1) is 0 Å². The van der Waals surface area contributed by atoms with Crippen molar-refractivity contribution in [2.75, 3.05) is 0 Å². The van der Waals surface area contributed by atoms with Gasteiger partial charge in [0.15, 0.2) is 5.41 Å². The number of alkyl halides is 3. The van der Waals surface area contributed by atoms with Gasteiger partial charge in [0.25, 0.3) is 0 Å². The van der Waals surface area contributed by atoms with E-state index in [0.717, 1.165) is 0 Å². The molecule has 0 aliphatic heterocycles. The standard InChI is InChI=1S/C6H5F3O4/c7-6(8,9)5(4(12)13)1-2(5)3(10)11/h2H,1H2,(H,10,11)(H,12,13)/t2-,5-/m0/s1. The Morgan fingerprint density at radius 2 is 1.77 bits per heavy atom. The largest absolute Gasteiger partial charge is 0.481 e. The third kappa shape index (κ3) is 1.14. The lowest BCUT2D eigenvalue weighted by molar-refractivity contribution is -0.208. The predicted molar refractivity (Wildman–Crippen MR) is 31.9 cm³/mol. The molecule has 0 aromatic rings. The molecule has 13 heavy (non-hydrogen) atoms. The molecule has 1 saturated carbocycles. The van der Waals surface area contributed by atoms with Crippen molar-refractivity contribution in [3.63, 3.8) is 0 Å². The topological polar surface area (TPSA) is 74.6 Å². The minimum Gasteiger partial charge on any atom is -0.481 e. The second kappa shape index (κ2) is 2.36. The molecule has 0 heterocycles. The average Bonchev–Trinajstić information content (AvgIpc) is 2.57. The van der Waals surface area contributed by atoms with E-state index in [0.29, 0.717) is 0 Å². The van der Waals surface area contributed by atoms with Crippen molar-refractivity contribution >= 4 is 11.9 Å². The summed E-state index contributed by atoms with van der Waals surface area (Å²) in [6.45, 7) is 0. The Kier molecular flexibility index (Phi) is 1.78. The Hall–Kier alpha value is -1.27. The highest BCUT2D eigenvalue weighted by molar-refractivity contribution is 5.90. The summed E-state index contributed by atoms with van der Waals surface area (Å²) in [5.74, 6) is -5.68. The highest BCUT2D eigenvalue weighted by Crippen LogP contribution is 2.62. The maximum Gasteiger partial charge on any atom is 0.405 e. The van der Waals surface area contributed by atoms with Crippen LogP contribution in [0.25, 0.3) is 0 Å². The molecule has 0 unspecified atom stereocenters. The number of aliphatic carboxylic acids is 2. The van der Waals surface area contributed by atoms with Crippen molar-refractivity contribution in [2.45, 2.75) is 12.6 Å².